The minimum absolute atomic E-state index is 0.412. The molecule has 0 unspecified atom stereocenters. The largest absolute Gasteiger partial charge is 0.480 e. The monoisotopic (exact) mass is 484 g/mol. The maximum absolute atomic E-state index is 13.1. The average molecular weight is 484 g/mol. The maximum Gasteiger partial charge on any atom is 0.456 e. The zero-order valence-corrected chi connectivity index (χ0v) is 16.9. The molecule has 0 atom stereocenters. The zero-order valence-electron chi connectivity index (χ0n) is 16.9. The van der Waals surface area contributed by atoms with E-state index >= 15 is 0 Å². The molecule has 0 saturated carbocycles. The Morgan fingerprint density at radius 3 is 2.09 bits per heavy atom. The number of carboxylic acid groups (broad SMARTS) is 2. The standard InChI is InChI=1S/C18H17F5N2O8/c1-9(2)5-6-16(14(27)28,15(29)30)24-13(26)10-3-4-11(25(31)32)12(7-10)33-8-17(19,20)18(21,22)23/h3-5,7H,6,8H2,1-2H3,(H,24,26)(H,27,28)(H,29,30). The van der Waals surface area contributed by atoms with Gasteiger partial charge >= 0.3 is 29.7 Å². The van der Waals surface area contributed by atoms with E-state index in [9.17, 15) is 56.7 Å². The van der Waals surface area contributed by atoms with E-state index in [1.165, 1.54) is 19.9 Å². The second-order valence-corrected chi connectivity index (χ2v) is 6.89. The van der Waals surface area contributed by atoms with Gasteiger partial charge in [-0.15, -0.1) is 0 Å². The molecule has 1 amide bonds. The lowest BCUT2D eigenvalue weighted by atomic mass is 9.93. The van der Waals surface area contributed by atoms with Crippen LogP contribution < -0.4 is 10.1 Å². The summed E-state index contributed by atoms with van der Waals surface area (Å²) in [7, 11) is 0. The highest BCUT2D eigenvalue weighted by Crippen LogP contribution is 2.37. The first-order valence-electron chi connectivity index (χ1n) is 8.73. The molecule has 10 nitrogen and oxygen atoms in total. The number of nitrogens with one attached hydrogen (secondary N) is 1. The summed E-state index contributed by atoms with van der Waals surface area (Å²) >= 11 is 0. The number of carbonyl (C=O) groups is 3. The predicted octanol–water partition coefficient (Wildman–Crippen LogP) is 3.17. The van der Waals surface area contributed by atoms with Crippen molar-refractivity contribution in [3.05, 3.63) is 45.5 Å². The fourth-order valence-corrected chi connectivity index (χ4v) is 2.22. The Kier molecular flexibility index (Phi) is 8.08. The first-order chi connectivity index (χ1) is 14.9. The van der Waals surface area contributed by atoms with Crippen molar-refractivity contribution in [2.24, 2.45) is 0 Å². The zero-order chi connectivity index (χ0) is 25.8. The number of rotatable bonds is 10. The smallest absolute Gasteiger partial charge is 0.456 e. The van der Waals surface area contributed by atoms with E-state index in [1.807, 2.05) is 0 Å². The molecule has 0 radical (unpaired) electrons. The van der Waals surface area contributed by atoms with Crippen LogP contribution in [0.4, 0.5) is 27.6 Å². The summed E-state index contributed by atoms with van der Waals surface area (Å²) in [6, 6.07) is 1.65. The quantitative estimate of drug-likeness (QED) is 0.150. The molecular formula is C18H17F5N2O8. The van der Waals surface area contributed by atoms with Crippen LogP contribution in [0.25, 0.3) is 0 Å². The number of nitro groups is 1. The van der Waals surface area contributed by atoms with Crippen LogP contribution in [0.5, 0.6) is 5.75 Å². The van der Waals surface area contributed by atoms with Crippen LogP contribution >= 0.6 is 0 Å². The normalized spacial score (nSPS) is 12.0. The minimum atomic E-state index is -6.02. The van der Waals surface area contributed by atoms with Crippen LogP contribution in [0.15, 0.2) is 29.8 Å². The number of hydrogen-bond donors (Lipinski definition) is 3. The van der Waals surface area contributed by atoms with Crippen molar-refractivity contribution in [1.82, 2.24) is 5.32 Å². The van der Waals surface area contributed by atoms with Gasteiger partial charge in [0.2, 0.25) is 5.54 Å². The van der Waals surface area contributed by atoms with Crippen molar-refractivity contribution < 1.29 is 56.2 Å². The Morgan fingerprint density at radius 1 is 1.12 bits per heavy atom. The molecule has 1 rings (SSSR count). The Hall–Kier alpha value is -3.78. The molecule has 0 heterocycles. The van der Waals surface area contributed by atoms with Crippen LogP contribution in [-0.4, -0.2) is 57.2 Å². The number of nitrogens with zero attached hydrogens (tertiary/aromatic N) is 1. The number of alkyl halides is 5. The molecule has 0 bridgehead atoms. The topological polar surface area (TPSA) is 156 Å². The van der Waals surface area contributed by atoms with E-state index in [2.05, 4.69) is 4.74 Å². The van der Waals surface area contributed by atoms with E-state index in [1.54, 1.807) is 5.32 Å². The third-order valence-corrected chi connectivity index (χ3v) is 4.12. The van der Waals surface area contributed by atoms with Crippen LogP contribution in [0.2, 0.25) is 0 Å². The first kappa shape index (κ1) is 27.3. The Balaban J connectivity index is 3.37. The van der Waals surface area contributed by atoms with Gasteiger partial charge < -0.3 is 20.3 Å². The van der Waals surface area contributed by atoms with Gasteiger partial charge in [-0.2, -0.15) is 22.0 Å². The molecule has 0 aliphatic heterocycles. The number of carboxylic acids is 2. The van der Waals surface area contributed by atoms with Gasteiger partial charge in [0.05, 0.1) is 4.92 Å². The number of allylic oxidation sites excluding steroid dienone is 1. The van der Waals surface area contributed by atoms with Gasteiger partial charge in [-0.1, -0.05) is 11.6 Å². The van der Waals surface area contributed by atoms with Gasteiger partial charge in [-0.3, -0.25) is 14.9 Å². The molecule has 3 N–H and O–H groups in total. The van der Waals surface area contributed by atoms with E-state index < -0.39 is 70.4 Å². The second-order valence-electron chi connectivity index (χ2n) is 6.89. The molecule has 33 heavy (non-hydrogen) atoms. The molecule has 0 spiro atoms. The summed E-state index contributed by atoms with van der Waals surface area (Å²) in [6.45, 7) is 0.692. The molecule has 1 aromatic rings. The van der Waals surface area contributed by atoms with Gasteiger partial charge in [0.1, 0.15) is 0 Å². The number of ether oxygens (including phenoxy) is 1. The van der Waals surface area contributed by atoms with E-state index in [4.69, 9.17) is 0 Å². The summed E-state index contributed by atoms with van der Waals surface area (Å²) in [4.78, 5) is 45.6. The first-order valence-corrected chi connectivity index (χ1v) is 8.73. The van der Waals surface area contributed by atoms with Crippen LogP contribution in [-0.2, 0) is 9.59 Å². The highest BCUT2D eigenvalue weighted by molar-refractivity contribution is 6.09. The number of aliphatic carboxylic acids is 2. The number of carbonyl (C=O) groups excluding carboxylic acids is 1. The van der Waals surface area contributed by atoms with Crippen molar-refractivity contribution in [3.8, 4) is 5.75 Å². The van der Waals surface area contributed by atoms with Gasteiger partial charge in [0, 0.05) is 24.1 Å². The third-order valence-electron chi connectivity index (χ3n) is 4.12. The lowest BCUT2D eigenvalue weighted by Crippen LogP contribution is -2.60. The summed E-state index contributed by atoms with van der Waals surface area (Å²) in [5, 5.41) is 31.6. The SMILES string of the molecule is CC(C)=CCC(NC(=O)c1ccc([N+](=O)[O-])c(OCC(F)(F)C(F)(F)F)c1)(C(=O)O)C(=O)O. The van der Waals surface area contributed by atoms with Crippen LogP contribution in [0.1, 0.15) is 30.6 Å². The molecule has 0 aliphatic carbocycles. The van der Waals surface area contributed by atoms with Gasteiger partial charge in [-0.05, 0) is 19.9 Å². The van der Waals surface area contributed by atoms with E-state index in [-0.39, 0.29) is 0 Å². The molecule has 0 aliphatic rings. The summed E-state index contributed by atoms with van der Waals surface area (Å²) in [6.07, 6.45) is -5.53. The predicted molar refractivity (Wildman–Crippen MR) is 99.1 cm³/mol. The third kappa shape index (κ3) is 6.36. The van der Waals surface area contributed by atoms with Crippen molar-refractivity contribution >= 4 is 23.5 Å². The van der Waals surface area contributed by atoms with Gasteiger partial charge in [-0.25, -0.2) is 9.59 Å². The molecule has 15 heteroatoms. The highest BCUT2D eigenvalue weighted by Gasteiger charge is 2.58. The molecule has 1 aromatic carbocycles. The number of halogens is 5. The van der Waals surface area contributed by atoms with Gasteiger partial charge in [0.15, 0.2) is 12.4 Å². The van der Waals surface area contributed by atoms with Gasteiger partial charge in [0.25, 0.3) is 5.91 Å². The van der Waals surface area contributed by atoms with Crippen molar-refractivity contribution in [2.45, 2.75) is 37.9 Å². The van der Waals surface area contributed by atoms with E-state index in [0.717, 1.165) is 0 Å². The number of hydrogen-bond acceptors (Lipinski definition) is 6. The molecule has 182 valence electrons. The number of amides is 1. The fraction of sp³-hybridized carbons (Fsp3) is 0.389. The summed E-state index contributed by atoms with van der Waals surface area (Å²) in [5.41, 5.74) is -4.14. The maximum atomic E-state index is 13.1. The Labute approximate surface area is 181 Å². The highest BCUT2D eigenvalue weighted by atomic mass is 19.4. The lowest BCUT2D eigenvalue weighted by molar-refractivity contribution is -0.386. The summed E-state index contributed by atoms with van der Waals surface area (Å²) < 4.78 is 67.5. The Morgan fingerprint density at radius 2 is 1.67 bits per heavy atom. The molecule has 0 saturated heterocycles. The van der Waals surface area contributed by atoms with E-state index in [0.29, 0.717) is 23.8 Å². The Bertz CT molecular complexity index is 973. The second kappa shape index (κ2) is 9.79. The number of benzene rings is 1. The fourth-order valence-electron chi connectivity index (χ4n) is 2.22. The molecule has 0 fully saturated rings. The van der Waals surface area contributed by atoms with Crippen molar-refractivity contribution in [2.75, 3.05) is 6.61 Å². The van der Waals surface area contributed by atoms with Crippen LogP contribution in [0, 0.1) is 10.1 Å². The van der Waals surface area contributed by atoms with Crippen molar-refractivity contribution in [3.63, 3.8) is 0 Å². The minimum Gasteiger partial charge on any atom is -0.480 e. The van der Waals surface area contributed by atoms with Crippen LogP contribution in [0.3, 0.4) is 0 Å². The molecular weight excluding hydrogens is 467 g/mol. The molecule has 0 aromatic heterocycles. The van der Waals surface area contributed by atoms with Crippen molar-refractivity contribution in [1.29, 1.82) is 0 Å². The summed E-state index contributed by atoms with van der Waals surface area (Å²) in [5.74, 6) is -11.9. The lowest BCUT2D eigenvalue weighted by Gasteiger charge is -2.25. The number of nitro benzene ring substituents is 1. The average Bonchev–Trinajstić information content (AvgIpc) is 2.67.